The molecule has 0 radical (unpaired) electrons. The number of nitrogens with one attached hydrogen (secondary N) is 1. The number of aryl methyl sites for hydroxylation is 1. The van der Waals surface area contributed by atoms with Gasteiger partial charge in [-0.2, -0.15) is 21.9 Å². The second-order valence-electron chi connectivity index (χ2n) is 7.54. The third-order valence-corrected chi connectivity index (χ3v) is 7.19. The van der Waals surface area contributed by atoms with E-state index in [1.807, 2.05) is 0 Å². The predicted octanol–water partition coefficient (Wildman–Crippen LogP) is 3.88. The smallest absolute Gasteiger partial charge is 0.337 e. The molecule has 0 amide bonds. The van der Waals surface area contributed by atoms with Crippen molar-refractivity contribution in [1.82, 2.24) is 0 Å². The van der Waals surface area contributed by atoms with Gasteiger partial charge in [0.15, 0.2) is 0 Å². The normalized spacial score (nSPS) is 12.6. The van der Waals surface area contributed by atoms with Crippen molar-refractivity contribution in [3.8, 4) is 5.75 Å². The summed E-state index contributed by atoms with van der Waals surface area (Å²) in [6.07, 6.45) is 0. The maximum absolute atomic E-state index is 12.0. The van der Waals surface area contributed by atoms with Crippen molar-refractivity contribution in [3.05, 3.63) is 71.3 Å². The lowest BCUT2D eigenvalue weighted by atomic mass is 10.2. The number of aromatic hydroxyl groups is 1. The molecule has 0 aliphatic heterocycles. The molecule has 0 heterocycles. The highest BCUT2D eigenvalue weighted by Crippen LogP contribution is 2.32. The molecule has 0 saturated heterocycles. The second kappa shape index (κ2) is 12.5. The largest absolute Gasteiger partial charge is 0.505 e. The molecule has 3 aromatic carbocycles. The van der Waals surface area contributed by atoms with Crippen LogP contribution in [0.2, 0.25) is 0 Å². The highest BCUT2D eigenvalue weighted by atomic mass is 32.2. The number of carboxylic acids is 1. The quantitative estimate of drug-likeness (QED) is 0.0277. The first-order valence-electron chi connectivity index (χ1n) is 10.4. The fourth-order valence-electron chi connectivity index (χ4n) is 3.09. The van der Waals surface area contributed by atoms with E-state index in [9.17, 15) is 40.9 Å². The Morgan fingerprint density at radius 1 is 0.975 bits per heavy atom. The van der Waals surface area contributed by atoms with Crippen LogP contribution in [0, 0.1) is 6.92 Å². The number of phenolic OH excluding ortho intramolecular Hbond substituents is 1. The van der Waals surface area contributed by atoms with Gasteiger partial charge >= 0.3 is 5.97 Å². The van der Waals surface area contributed by atoms with E-state index in [4.69, 9.17) is 5.26 Å². The highest BCUT2D eigenvalue weighted by molar-refractivity contribution is 7.94. The minimum Gasteiger partial charge on any atom is -0.505 e. The molecule has 16 nitrogen and oxygen atoms in total. The number of benzene rings is 3. The first kappa shape index (κ1) is 30.6. The molecule has 0 aliphatic carbocycles. The average Bonchev–Trinajstić information content (AvgIpc) is 2.88. The molecule has 3 aromatic rings. The van der Waals surface area contributed by atoms with E-state index < -0.39 is 47.6 Å². The molecule has 0 bridgehead atoms. The van der Waals surface area contributed by atoms with Crippen LogP contribution in [0.4, 0.5) is 11.4 Å². The van der Waals surface area contributed by atoms with E-state index in [0.29, 0.717) is 12.0 Å². The highest BCUT2D eigenvalue weighted by Gasteiger charge is 2.21. The number of carbonyl (C=O) groups is 1. The number of aromatic carboxylic acids is 1. The third-order valence-electron chi connectivity index (χ3n) is 4.87. The van der Waals surface area contributed by atoms with Crippen molar-refractivity contribution < 1.29 is 55.6 Å². The van der Waals surface area contributed by atoms with Gasteiger partial charge < -0.3 is 10.2 Å². The van der Waals surface area contributed by atoms with Gasteiger partial charge in [-0.3, -0.25) is 14.5 Å². The topological polar surface area (TPSA) is 254 Å². The lowest BCUT2D eigenvalue weighted by molar-refractivity contribution is -0.432. The van der Waals surface area contributed by atoms with Crippen LogP contribution < -0.4 is 5.43 Å². The Hall–Kier alpha value is -3.95. The third kappa shape index (κ3) is 7.58. The summed E-state index contributed by atoms with van der Waals surface area (Å²) in [4.78, 5) is 10.6. The molecule has 0 aromatic heterocycles. The van der Waals surface area contributed by atoms with Crippen molar-refractivity contribution in [3.63, 3.8) is 0 Å². The first-order chi connectivity index (χ1) is 18.7. The van der Waals surface area contributed by atoms with Crippen molar-refractivity contribution in [2.75, 3.05) is 5.43 Å². The molecule has 0 fully saturated rings. The number of hydrogen-bond donors (Lipinski definition) is 6. The standard InChI is InChI=1S/C21H18N4O12S3/c1-11-8-13(39(30,31)32)10-17(19(11)26)23-25-20(15-4-2-3-5-18(15)40(33,34)35)24-22-16-9-12(38-37-36-29)6-7-14(16)21(27)28/h2-10,23,26,29H,1H3,(H,27,28)(H,30,31,32)(H,33,34,35). The zero-order valence-corrected chi connectivity index (χ0v) is 22.3. The number of hydrogen-bond acceptors (Lipinski definition) is 13. The Morgan fingerprint density at radius 3 is 2.30 bits per heavy atom. The summed E-state index contributed by atoms with van der Waals surface area (Å²) < 4.78 is 70.6. The Morgan fingerprint density at radius 2 is 1.68 bits per heavy atom. The van der Waals surface area contributed by atoms with Crippen molar-refractivity contribution in [2.45, 2.75) is 21.6 Å². The lowest BCUT2D eigenvalue weighted by Crippen LogP contribution is -2.09. The summed E-state index contributed by atoms with van der Waals surface area (Å²) in [7, 11) is -9.55. The van der Waals surface area contributed by atoms with Gasteiger partial charge in [-0.15, -0.1) is 14.6 Å². The zero-order valence-electron chi connectivity index (χ0n) is 19.9. The van der Waals surface area contributed by atoms with Gasteiger partial charge in [0.25, 0.3) is 20.2 Å². The summed E-state index contributed by atoms with van der Waals surface area (Å²) in [6.45, 7) is 1.33. The number of anilines is 1. The van der Waals surface area contributed by atoms with E-state index >= 15 is 0 Å². The fraction of sp³-hybridized carbons (Fsp3) is 0.0476. The van der Waals surface area contributed by atoms with Gasteiger partial charge in [-0.25, -0.2) is 10.1 Å². The SMILES string of the molecule is Cc1cc(S(=O)(=O)O)cc(NN=C(N=Nc2cc(SOOO)ccc2C(=O)O)c2ccccc2S(=O)(=O)O)c1O. The Kier molecular flexibility index (Phi) is 9.55. The van der Waals surface area contributed by atoms with E-state index in [0.717, 1.165) is 24.3 Å². The van der Waals surface area contributed by atoms with Crippen molar-refractivity contribution in [2.24, 2.45) is 15.3 Å². The molecule has 40 heavy (non-hydrogen) atoms. The predicted molar refractivity (Wildman–Crippen MR) is 138 cm³/mol. The number of hydrazone groups is 1. The summed E-state index contributed by atoms with van der Waals surface area (Å²) >= 11 is 0.486. The van der Waals surface area contributed by atoms with Gasteiger partial charge in [-0.05, 0) is 55.0 Å². The van der Waals surface area contributed by atoms with Crippen LogP contribution in [0.3, 0.4) is 0 Å². The molecule has 3 rings (SSSR count). The second-order valence-corrected chi connectivity index (χ2v) is 11.1. The summed E-state index contributed by atoms with van der Waals surface area (Å²) in [5.74, 6) is -2.48. The molecule has 0 aliphatic rings. The number of nitrogens with zero attached hydrogens (tertiary/aromatic N) is 3. The molecule has 0 spiro atoms. The van der Waals surface area contributed by atoms with Gasteiger partial charge in [0.1, 0.15) is 16.3 Å². The fourth-order valence-corrected chi connectivity index (χ4v) is 4.76. The van der Waals surface area contributed by atoms with Crippen molar-refractivity contribution >= 4 is 55.5 Å². The number of amidine groups is 1. The number of phenols is 1. The van der Waals surface area contributed by atoms with Gasteiger partial charge in [0.05, 0.1) is 28.2 Å². The number of carboxylic acid groups (broad SMARTS) is 1. The molecule has 19 heteroatoms. The Labute approximate surface area is 230 Å². The van der Waals surface area contributed by atoms with Crippen LogP contribution in [0.25, 0.3) is 0 Å². The molecular weight excluding hydrogens is 596 g/mol. The lowest BCUT2D eigenvalue weighted by Gasteiger charge is -2.11. The van der Waals surface area contributed by atoms with Gasteiger partial charge in [0.2, 0.25) is 5.84 Å². The van der Waals surface area contributed by atoms with Crippen LogP contribution in [0.15, 0.2) is 84.6 Å². The maximum Gasteiger partial charge on any atom is 0.337 e. The van der Waals surface area contributed by atoms with Crippen LogP contribution >= 0.6 is 12.0 Å². The monoisotopic (exact) mass is 614 g/mol. The maximum atomic E-state index is 12.0. The van der Waals surface area contributed by atoms with Gasteiger partial charge in [-0.1, -0.05) is 17.2 Å². The minimum atomic E-state index is -4.85. The van der Waals surface area contributed by atoms with Crippen LogP contribution in [-0.4, -0.2) is 53.2 Å². The number of rotatable bonds is 10. The van der Waals surface area contributed by atoms with E-state index in [1.165, 1.54) is 37.3 Å². The Balaban J connectivity index is 2.20. The minimum absolute atomic E-state index is 0.0174. The zero-order chi connectivity index (χ0) is 29.7. The molecular formula is C21H18N4O12S3. The van der Waals surface area contributed by atoms with Crippen molar-refractivity contribution in [1.29, 1.82) is 0 Å². The summed E-state index contributed by atoms with van der Waals surface area (Å²) in [5, 5.41) is 43.3. The first-order valence-corrected chi connectivity index (χ1v) is 14.0. The molecule has 6 N–H and O–H groups in total. The summed E-state index contributed by atoms with van der Waals surface area (Å²) in [5.41, 5.74) is 0.992. The van der Waals surface area contributed by atoms with Crippen LogP contribution in [-0.2, 0) is 29.6 Å². The van der Waals surface area contributed by atoms with Crippen LogP contribution in [0.5, 0.6) is 5.75 Å². The molecule has 0 saturated carbocycles. The Bertz CT molecular complexity index is 1720. The van der Waals surface area contributed by atoms with E-state index in [2.05, 4.69) is 30.1 Å². The van der Waals surface area contributed by atoms with Gasteiger partial charge in [0, 0.05) is 10.5 Å². The average molecular weight is 615 g/mol. The molecule has 0 atom stereocenters. The van der Waals surface area contributed by atoms with Crippen LogP contribution in [0.1, 0.15) is 21.5 Å². The molecule has 0 unspecified atom stereocenters. The van der Waals surface area contributed by atoms with E-state index in [-0.39, 0.29) is 33.0 Å². The van der Waals surface area contributed by atoms with E-state index in [1.54, 1.807) is 0 Å². The molecule has 212 valence electrons. The summed E-state index contributed by atoms with van der Waals surface area (Å²) in [6, 6.07) is 10.2. The number of azo groups is 1.